The first-order valence-electron chi connectivity index (χ1n) is 5.21. The first-order valence-corrected chi connectivity index (χ1v) is 5.21. The molecule has 17 heavy (non-hydrogen) atoms. The van der Waals surface area contributed by atoms with Gasteiger partial charge in [0.05, 0.1) is 5.69 Å². The van der Waals surface area contributed by atoms with Crippen molar-refractivity contribution in [2.24, 2.45) is 0 Å². The Morgan fingerprint density at radius 2 is 1.59 bits per heavy atom. The van der Waals surface area contributed by atoms with Crippen LogP contribution in [-0.2, 0) is 6.18 Å². The van der Waals surface area contributed by atoms with Gasteiger partial charge in [-0.05, 0) is 25.0 Å². The number of halogens is 5. The van der Waals surface area contributed by atoms with Crippen LogP contribution in [0.5, 0.6) is 0 Å². The molecule has 2 rings (SSSR count). The van der Waals surface area contributed by atoms with E-state index in [0.29, 0.717) is 19.2 Å². The van der Waals surface area contributed by atoms with Gasteiger partial charge in [-0.25, -0.2) is 8.78 Å². The summed E-state index contributed by atoms with van der Waals surface area (Å²) in [6.07, 6.45) is -3.40. The van der Waals surface area contributed by atoms with Crippen molar-refractivity contribution >= 4 is 5.69 Å². The van der Waals surface area contributed by atoms with Crippen LogP contribution in [0, 0.1) is 11.6 Å². The van der Waals surface area contributed by atoms with E-state index in [0.717, 1.165) is 18.9 Å². The number of anilines is 1. The first kappa shape index (κ1) is 12.1. The highest BCUT2D eigenvalue weighted by Crippen LogP contribution is 2.37. The van der Waals surface area contributed by atoms with Crippen LogP contribution in [0.1, 0.15) is 18.4 Å². The topological polar surface area (TPSA) is 3.24 Å². The van der Waals surface area contributed by atoms with Gasteiger partial charge in [-0.2, -0.15) is 13.2 Å². The van der Waals surface area contributed by atoms with Gasteiger partial charge in [0.25, 0.3) is 0 Å². The Kier molecular flexibility index (Phi) is 2.97. The van der Waals surface area contributed by atoms with Gasteiger partial charge in [0.2, 0.25) is 0 Å². The number of hydrogen-bond acceptors (Lipinski definition) is 1. The van der Waals surface area contributed by atoms with Gasteiger partial charge < -0.3 is 4.90 Å². The standard InChI is InChI=1S/C11H10F5N/c12-7-3-4-8(17-5-1-2-6-17)10(13)9(7)11(14,15)16/h3-4H,1-2,5-6H2. The van der Waals surface area contributed by atoms with E-state index in [9.17, 15) is 22.0 Å². The minimum atomic E-state index is -5.01. The van der Waals surface area contributed by atoms with E-state index in [2.05, 4.69) is 0 Å². The quantitative estimate of drug-likeness (QED) is 0.689. The Bertz CT molecular complexity index is 421. The maximum absolute atomic E-state index is 13.7. The molecule has 1 saturated heterocycles. The molecule has 1 aromatic rings. The minimum Gasteiger partial charge on any atom is -0.369 e. The number of alkyl halides is 3. The molecular formula is C11H10F5N. The predicted octanol–water partition coefficient (Wildman–Crippen LogP) is 3.58. The SMILES string of the molecule is Fc1ccc(N2CCCC2)c(F)c1C(F)(F)F. The maximum atomic E-state index is 13.7. The van der Waals surface area contributed by atoms with Crippen LogP contribution in [0.25, 0.3) is 0 Å². The summed E-state index contributed by atoms with van der Waals surface area (Å²) < 4.78 is 64.1. The van der Waals surface area contributed by atoms with E-state index >= 15 is 0 Å². The van der Waals surface area contributed by atoms with Gasteiger partial charge in [0, 0.05) is 13.1 Å². The zero-order valence-electron chi connectivity index (χ0n) is 8.82. The highest BCUT2D eigenvalue weighted by atomic mass is 19.4. The van der Waals surface area contributed by atoms with Gasteiger partial charge in [-0.15, -0.1) is 0 Å². The minimum absolute atomic E-state index is 0.170. The largest absolute Gasteiger partial charge is 0.422 e. The van der Waals surface area contributed by atoms with E-state index in [1.807, 2.05) is 0 Å². The molecular weight excluding hydrogens is 241 g/mol. The molecule has 0 aliphatic carbocycles. The lowest BCUT2D eigenvalue weighted by Gasteiger charge is -2.20. The summed E-state index contributed by atoms with van der Waals surface area (Å²) >= 11 is 0. The molecule has 1 aromatic carbocycles. The smallest absolute Gasteiger partial charge is 0.369 e. The highest BCUT2D eigenvalue weighted by Gasteiger charge is 2.39. The summed E-state index contributed by atoms with van der Waals surface area (Å²) in [5.41, 5.74) is -1.97. The first-order chi connectivity index (χ1) is 7.91. The van der Waals surface area contributed by atoms with Crippen molar-refractivity contribution in [2.45, 2.75) is 19.0 Å². The number of rotatable bonds is 1. The van der Waals surface area contributed by atoms with Gasteiger partial charge >= 0.3 is 6.18 Å². The van der Waals surface area contributed by atoms with E-state index < -0.39 is 23.4 Å². The molecule has 0 spiro atoms. The van der Waals surface area contributed by atoms with E-state index in [4.69, 9.17) is 0 Å². The Balaban J connectivity index is 2.49. The molecule has 1 aliphatic heterocycles. The van der Waals surface area contributed by atoms with Crippen LogP contribution in [0.2, 0.25) is 0 Å². The second-order valence-electron chi connectivity index (χ2n) is 3.95. The normalized spacial score (nSPS) is 16.6. The Morgan fingerprint density at radius 1 is 1.00 bits per heavy atom. The number of hydrogen-bond donors (Lipinski definition) is 0. The van der Waals surface area contributed by atoms with Gasteiger partial charge in [0.15, 0.2) is 5.82 Å². The molecule has 0 aromatic heterocycles. The Morgan fingerprint density at radius 3 is 2.12 bits per heavy atom. The molecule has 1 aliphatic rings. The van der Waals surface area contributed by atoms with Crippen molar-refractivity contribution in [1.29, 1.82) is 0 Å². The van der Waals surface area contributed by atoms with E-state index in [1.54, 1.807) is 0 Å². The molecule has 0 saturated carbocycles. The second-order valence-corrected chi connectivity index (χ2v) is 3.95. The summed E-state index contributed by atoms with van der Waals surface area (Å²) in [5, 5.41) is 0. The summed E-state index contributed by atoms with van der Waals surface area (Å²) in [6, 6.07) is 1.73. The summed E-state index contributed by atoms with van der Waals surface area (Å²) in [4.78, 5) is 1.50. The van der Waals surface area contributed by atoms with Crippen LogP contribution < -0.4 is 4.90 Å². The summed E-state index contributed by atoms with van der Waals surface area (Å²) in [6.45, 7) is 1.000. The van der Waals surface area contributed by atoms with E-state index in [1.165, 1.54) is 4.90 Å². The molecule has 1 fully saturated rings. The van der Waals surface area contributed by atoms with Crippen molar-refractivity contribution < 1.29 is 22.0 Å². The maximum Gasteiger partial charge on any atom is 0.422 e. The average molecular weight is 251 g/mol. The third kappa shape index (κ3) is 2.21. The van der Waals surface area contributed by atoms with Crippen molar-refractivity contribution in [1.82, 2.24) is 0 Å². The monoisotopic (exact) mass is 251 g/mol. The average Bonchev–Trinajstić information content (AvgIpc) is 2.68. The van der Waals surface area contributed by atoms with Crippen molar-refractivity contribution in [3.63, 3.8) is 0 Å². The molecule has 1 nitrogen and oxygen atoms in total. The summed E-state index contributed by atoms with van der Waals surface area (Å²) in [7, 11) is 0. The molecule has 1 heterocycles. The molecule has 0 bridgehead atoms. The molecule has 6 heteroatoms. The van der Waals surface area contributed by atoms with Crippen LogP contribution in [0.4, 0.5) is 27.6 Å². The molecule has 94 valence electrons. The van der Waals surface area contributed by atoms with Crippen LogP contribution in [0.3, 0.4) is 0 Å². The molecule has 0 unspecified atom stereocenters. The van der Waals surface area contributed by atoms with Crippen molar-refractivity contribution in [2.75, 3.05) is 18.0 Å². The second kappa shape index (κ2) is 4.16. The zero-order valence-corrected chi connectivity index (χ0v) is 8.82. The highest BCUT2D eigenvalue weighted by molar-refractivity contribution is 5.52. The fourth-order valence-electron chi connectivity index (χ4n) is 2.00. The third-order valence-corrected chi connectivity index (χ3v) is 2.80. The predicted molar refractivity (Wildman–Crippen MR) is 52.8 cm³/mol. The Labute approximate surface area is 94.8 Å². The zero-order chi connectivity index (χ0) is 12.6. The van der Waals surface area contributed by atoms with Crippen LogP contribution >= 0.6 is 0 Å². The fourth-order valence-corrected chi connectivity index (χ4v) is 2.00. The Hall–Kier alpha value is -1.33. The molecule has 0 radical (unpaired) electrons. The van der Waals surface area contributed by atoms with Crippen molar-refractivity contribution in [3.8, 4) is 0 Å². The molecule has 0 atom stereocenters. The lowest BCUT2D eigenvalue weighted by Crippen LogP contribution is -2.22. The fraction of sp³-hybridized carbons (Fsp3) is 0.455. The number of nitrogens with zero attached hydrogens (tertiary/aromatic N) is 1. The van der Waals surface area contributed by atoms with Crippen molar-refractivity contribution in [3.05, 3.63) is 29.3 Å². The van der Waals surface area contributed by atoms with Gasteiger partial charge in [-0.1, -0.05) is 0 Å². The third-order valence-electron chi connectivity index (χ3n) is 2.80. The van der Waals surface area contributed by atoms with E-state index in [-0.39, 0.29) is 5.69 Å². The lowest BCUT2D eigenvalue weighted by molar-refractivity contribution is -0.142. The lowest BCUT2D eigenvalue weighted by atomic mass is 10.1. The van der Waals surface area contributed by atoms with Crippen LogP contribution in [0.15, 0.2) is 12.1 Å². The van der Waals surface area contributed by atoms with Gasteiger partial charge in [-0.3, -0.25) is 0 Å². The van der Waals surface area contributed by atoms with Gasteiger partial charge in [0.1, 0.15) is 11.4 Å². The molecule has 0 amide bonds. The summed E-state index contributed by atoms with van der Waals surface area (Å²) in [5.74, 6) is -3.09. The van der Waals surface area contributed by atoms with Crippen LogP contribution in [-0.4, -0.2) is 13.1 Å². The number of benzene rings is 1. The molecule has 0 N–H and O–H groups in total.